The van der Waals surface area contributed by atoms with Crippen molar-refractivity contribution in [3.05, 3.63) is 102 Å². The third-order valence-corrected chi connectivity index (χ3v) is 8.20. The number of rotatable bonds is 12. The highest BCUT2D eigenvalue weighted by Crippen LogP contribution is 2.36. The SMILES string of the molecule is CCOC(=O)CCN1CCc2cc(-c3cnc(-c4cccc(CN(Cc5ncccn5)Cc5ncccn5)n4)s3)ccc21. The van der Waals surface area contributed by atoms with Crippen LogP contribution in [0.2, 0.25) is 0 Å². The molecule has 6 rings (SSSR count). The van der Waals surface area contributed by atoms with E-state index in [-0.39, 0.29) is 5.97 Å². The Morgan fingerprint density at radius 3 is 2.40 bits per heavy atom. The minimum absolute atomic E-state index is 0.148. The van der Waals surface area contributed by atoms with E-state index >= 15 is 0 Å². The highest BCUT2D eigenvalue weighted by molar-refractivity contribution is 7.18. The van der Waals surface area contributed by atoms with Gasteiger partial charge in [-0.2, -0.15) is 0 Å². The average molecular weight is 593 g/mol. The molecule has 0 saturated heterocycles. The lowest BCUT2D eigenvalue weighted by molar-refractivity contribution is -0.142. The largest absolute Gasteiger partial charge is 0.466 e. The first-order valence-electron chi connectivity index (χ1n) is 14.3. The highest BCUT2D eigenvalue weighted by Gasteiger charge is 2.21. The molecule has 5 heterocycles. The van der Waals surface area contributed by atoms with E-state index in [2.05, 4.69) is 47.9 Å². The Kier molecular flexibility index (Phi) is 9.00. The van der Waals surface area contributed by atoms with Crippen LogP contribution >= 0.6 is 11.3 Å². The second-order valence-electron chi connectivity index (χ2n) is 10.2. The molecule has 11 heteroatoms. The van der Waals surface area contributed by atoms with Crippen LogP contribution in [0.5, 0.6) is 0 Å². The molecule has 43 heavy (non-hydrogen) atoms. The van der Waals surface area contributed by atoms with Crippen molar-refractivity contribution >= 4 is 23.0 Å². The standard InChI is InChI=1S/C32H32N8O2S/c1-2-42-31(41)11-17-40-16-10-23-18-24(8-9-27(23)40)28-19-37-32(43-28)26-7-3-6-25(38-26)20-39(21-29-33-12-4-13-34-29)22-30-35-14-5-15-36-30/h3-9,12-15,18-19H,2,10-11,16-17,20-22H2,1H3. The van der Waals surface area contributed by atoms with Crippen LogP contribution in [-0.2, 0) is 35.6 Å². The van der Waals surface area contributed by atoms with Gasteiger partial charge in [-0.15, -0.1) is 11.3 Å². The second-order valence-corrected chi connectivity index (χ2v) is 11.2. The first-order chi connectivity index (χ1) is 21.1. The van der Waals surface area contributed by atoms with Gasteiger partial charge < -0.3 is 9.64 Å². The van der Waals surface area contributed by atoms with Crippen molar-refractivity contribution in [1.82, 2.24) is 34.8 Å². The number of fused-ring (bicyclic) bond motifs is 1. The number of pyridine rings is 1. The van der Waals surface area contributed by atoms with Crippen LogP contribution in [0.15, 0.2) is 79.5 Å². The maximum absolute atomic E-state index is 11.8. The topological polar surface area (TPSA) is 110 Å². The number of thiazole rings is 1. The van der Waals surface area contributed by atoms with E-state index in [0.29, 0.717) is 39.2 Å². The van der Waals surface area contributed by atoms with Crippen LogP contribution in [-0.4, -0.2) is 60.5 Å². The van der Waals surface area contributed by atoms with Crippen LogP contribution in [0.25, 0.3) is 21.1 Å². The molecule has 0 saturated carbocycles. The summed E-state index contributed by atoms with van der Waals surface area (Å²) < 4.78 is 5.09. The Balaban J connectivity index is 1.16. The number of esters is 1. The lowest BCUT2D eigenvalue weighted by Crippen LogP contribution is -2.25. The van der Waals surface area contributed by atoms with Crippen molar-refractivity contribution < 1.29 is 9.53 Å². The van der Waals surface area contributed by atoms with Crippen LogP contribution in [0.4, 0.5) is 5.69 Å². The van der Waals surface area contributed by atoms with Gasteiger partial charge in [0.25, 0.3) is 0 Å². The number of carbonyl (C=O) groups excluding carboxylic acids is 1. The average Bonchev–Trinajstić information content (AvgIpc) is 3.69. The molecule has 0 bridgehead atoms. The Hall–Kier alpha value is -4.61. The second kappa shape index (κ2) is 13.6. The molecular weight excluding hydrogens is 560 g/mol. The van der Waals surface area contributed by atoms with Gasteiger partial charge >= 0.3 is 5.97 Å². The molecule has 1 aliphatic rings. The molecule has 1 aromatic carbocycles. The highest BCUT2D eigenvalue weighted by atomic mass is 32.1. The fraction of sp³-hybridized carbons (Fsp3) is 0.281. The van der Waals surface area contributed by atoms with E-state index in [1.54, 1.807) is 36.1 Å². The van der Waals surface area contributed by atoms with Crippen molar-refractivity contribution in [2.45, 2.75) is 39.4 Å². The number of hydrogen-bond donors (Lipinski definition) is 0. The predicted octanol–water partition coefficient (Wildman–Crippen LogP) is 4.97. The monoisotopic (exact) mass is 592 g/mol. The summed E-state index contributed by atoms with van der Waals surface area (Å²) in [6.45, 7) is 5.51. The molecule has 0 amide bonds. The molecule has 218 valence electrons. The van der Waals surface area contributed by atoms with Gasteiger partial charge in [-0.3, -0.25) is 9.69 Å². The van der Waals surface area contributed by atoms with E-state index in [1.165, 1.54) is 11.3 Å². The van der Waals surface area contributed by atoms with Crippen LogP contribution in [0.1, 0.15) is 36.3 Å². The van der Waals surface area contributed by atoms with Crippen molar-refractivity contribution in [3.8, 4) is 21.1 Å². The zero-order chi connectivity index (χ0) is 29.4. The summed E-state index contributed by atoms with van der Waals surface area (Å²) in [6, 6.07) is 16.2. The summed E-state index contributed by atoms with van der Waals surface area (Å²) in [4.78, 5) is 44.7. The molecule has 5 aromatic rings. The number of anilines is 1. The number of ether oxygens (including phenoxy) is 1. The van der Waals surface area contributed by atoms with Gasteiger partial charge in [0.05, 0.1) is 42.4 Å². The van der Waals surface area contributed by atoms with E-state index in [9.17, 15) is 4.79 Å². The summed E-state index contributed by atoms with van der Waals surface area (Å²) in [6.07, 6.45) is 10.3. The third-order valence-electron chi connectivity index (χ3n) is 7.13. The first kappa shape index (κ1) is 28.5. The molecule has 0 radical (unpaired) electrons. The minimum Gasteiger partial charge on any atom is -0.466 e. The molecule has 1 aliphatic heterocycles. The molecule has 0 spiro atoms. The van der Waals surface area contributed by atoms with E-state index in [0.717, 1.165) is 51.5 Å². The normalized spacial score (nSPS) is 12.5. The Morgan fingerprint density at radius 2 is 1.67 bits per heavy atom. The van der Waals surface area contributed by atoms with Crippen molar-refractivity contribution in [1.29, 1.82) is 0 Å². The molecule has 10 nitrogen and oxygen atoms in total. The molecule has 0 aliphatic carbocycles. The van der Waals surface area contributed by atoms with Gasteiger partial charge in [0.2, 0.25) is 0 Å². The van der Waals surface area contributed by atoms with E-state index in [4.69, 9.17) is 14.7 Å². The summed E-state index contributed by atoms with van der Waals surface area (Å²) >= 11 is 1.64. The van der Waals surface area contributed by atoms with Crippen molar-refractivity contribution in [2.24, 2.45) is 0 Å². The summed E-state index contributed by atoms with van der Waals surface area (Å²) in [5.41, 5.74) is 5.39. The van der Waals surface area contributed by atoms with Crippen LogP contribution in [0.3, 0.4) is 0 Å². The van der Waals surface area contributed by atoms with E-state index in [1.807, 2.05) is 43.5 Å². The van der Waals surface area contributed by atoms with Crippen molar-refractivity contribution in [3.63, 3.8) is 0 Å². The van der Waals surface area contributed by atoms with Gasteiger partial charge in [-0.1, -0.05) is 12.1 Å². The molecule has 0 fully saturated rings. The van der Waals surface area contributed by atoms with Crippen LogP contribution < -0.4 is 4.90 Å². The number of carbonyl (C=O) groups is 1. The molecule has 0 atom stereocenters. The number of nitrogens with zero attached hydrogens (tertiary/aromatic N) is 8. The zero-order valence-corrected chi connectivity index (χ0v) is 24.8. The molecule has 4 aromatic heterocycles. The Bertz CT molecular complexity index is 1620. The molecular formula is C32H32N8O2S. The third kappa shape index (κ3) is 7.25. The zero-order valence-electron chi connectivity index (χ0n) is 24.0. The van der Waals surface area contributed by atoms with Gasteiger partial charge in [0.1, 0.15) is 16.7 Å². The van der Waals surface area contributed by atoms with Gasteiger partial charge in [-0.05, 0) is 60.9 Å². The van der Waals surface area contributed by atoms with Gasteiger partial charge in [0, 0.05) is 56.3 Å². The number of benzene rings is 1. The summed E-state index contributed by atoms with van der Waals surface area (Å²) in [5.74, 6) is 1.32. The quantitative estimate of drug-likeness (QED) is 0.184. The Morgan fingerprint density at radius 1 is 0.930 bits per heavy atom. The first-order valence-corrected chi connectivity index (χ1v) is 15.2. The predicted molar refractivity (Wildman–Crippen MR) is 165 cm³/mol. The maximum Gasteiger partial charge on any atom is 0.307 e. The fourth-order valence-corrected chi connectivity index (χ4v) is 6.03. The van der Waals surface area contributed by atoms with Gasteiger partial charge in [0.15, 0.2) is 0 Å². The number of hydrogen-bond acceptors (Lipinski definition) is 11. The lowest BCUT2D eigenvalue weighted by Gasteiger charge is -2.20. The smallest absolute Gasteiger partial charge is 0.307 e. The fourth-order valence-electron chi connectivity index (χ4n) is 5.15. The summed E-state index contributed by atoms with van der Waals surface area (Å²) in [7, 11) is 0. The van der Waals surface area contributed by atoms with E-state index < -0.39 is 0 Å². The molecule has 0 unspecified atom stereocenters. The van der Waals surface area contributed by atoms with Gasteiger partial charge in [-0.25, -0.2) is 29.9 Å². The lowest BCUT2D eigenvalue weighted by atomic mass is 10.1. The minimum atomic E-state index is -0.148. The Labute approximate surface area is 254 Å². The van der Waals surface area contributed by atoms with Crippen LogP contribution in [0, 0.1) is 0 Å². The molecule has 0 N–H and O–H groups in total. The summed E-state index contributed by atoms with van der Waals surface area (Å²) in [5, 5.41) is 0.873. The maximum atomic E-state index is 11.8. The van der Waals surface area contributed by atoms with Crippen molar-refractivity contribution in [2.75, 3.05) is 24.6 Å². The number of aromatic nitrogens is 6.